The van der Waals surface area contributed by atoms with Crippen molar-refractivity contribution >= 4 is 33.1 Å². The third kappa shape index (κ3) is 4.22. The smallest absolute Gasteiger partial charge is 0.332 e. The van der Waals surface area contributed by atoms with Gasteiger partial charge < -0.3 is 10.1 Å². The van der Waals surface area contributed by atoms with E-state index in [1.165, 1.54) is 20.5 Å². The summed E-state index contributed by atoms with van der Waals surface area (Å²) in [6.07, 6.45) is 0.774. The molecular formula is C24H23N3O4S. The Balaban J connectivity index is 1.71. The Morgan fingerprint density at radius 1 is 1.06 bits per heavy atom. The minimum absolute atomic E-state index is 0.0863. The number of ether oxygens (including phenoxy) is 1. The summed E-state index contributed by atoms with van der Waals surface area (Å²) in [5.41, 5.74) is 2.06. The van der Waals surface area contributed by atoms with E-state index in [9.17, 15) is 14.4 Å². The molecule has 0 aliphatic rings. The first-order valence-corrected chi connectivity index (χ1v) is 11.1. The highest BCUT2D eigenvalue weighted by Crippen LogP contribution is 2.18. The van der Waals surface area contributed by atoms with Crippen LogP contribution in [0.3, 0.4) is 0 Å². The molecule has 1 N–H and O–H groups in total. The van der Waals surface area contributed by atoms with Crippen molar-refractivity contribution in [2.75, 3.05) is 12.4 Å². The van der Waals surface area contributed by atoms with Crippen LogP contribution in [0, 0.1) is 0 Å². The molecule has 0 unspecified atom stereocenters. The summed E-state index contributed by atoms with van der Waals surface area (Å²) in [7, 11) is 1.56. The number of para-hydroxylation sites is 1. The minimum Gasteiger partial charge on any atom is -0.497 e. The molecule has 0 radical (unpaired) electrons. The van der Waals surface area contributed by atoms with Crippen LogP contribution in [0.5, 0.6) is 5.75 Å². The first-order valence-electron chi connectivity index (χ1n) is 10.2. The average Bonchev–Trinajstić information content (AvgIpc) is 3.30. The van der Waals surface area contributed by atoms with Crippen LogP contribution in [0.4, 0.5) is 5.69 Å². The van der Waals surface area contributed by atoms with Gasteiger partial charge in [-0.05, 0) is 47.2 Å². The number of nitrogens with zero attached hydrogens (tertiary/aromatic N) is 2. The summed E-state index contributed by atoms with van der Waals surface area (Å²) < 4.78 is 8.21. The maximum atomic E-state index is 13.3. The molecule has 2 aromatic carbocycles. The Morgan fingerprint density at radius 3 is 2.66 bits per heavy atom. The predicted molar refractivity (Wildman–Crippen MR) is 127 cm³/mol. The van der Waals surface area contributed by atoms with Gasteiger partial charge in [-0.15, -0.1) is 11.3 Å². The van der Waals surface area contributed by atoms with Crippen LogP contribution < -0.4 is 21.3 Å². The monoisotopic (exact) mass is 449 g/mol. The standard InChI is InChI=1S/C24H23N3O4S/c1-3-17-8-4-5-10-19(17)25-21(28)15-26-20-11-12-32-22(20)23(29)27(24(26)30)14-16-7-6-9-18(13-16)31-2/h4-13H,3,14-15H2,1-2H3,(H,25,28). The zero-order valence-electron chi connectivity index (χ0n) is 17.8. The Labute approximate surface area is 188 Å². The number of benzene rings is 2. The fourth-order valence-electron chi connectivity index (χ4n) is 3.66. The van der Waals surface area contributed by atoms with E-state index in [0.29, 0.717) is 16.0 Å². The third-order valence-electron chi connectivity index (χ3n) is 5.29. The van der Waals surface area contributed by atoms with E-state index < -0.39 is 5.69 Å². The molecular weight excluding hydrogens is 426 g/mol. The molecule has 32 heavy (non-hydrogen) atoms. The van der Waals surface area contributed by atoms with E-state index >= 15 is 0 Å². The van der Waals surface area contributed by atoms with Crippen molar-refractivity contribution in [3.63, 3.8) is 0 Å². The number of carbonyl (C=O) groups is 1. The molecule has 2 heterocycles. The number of nitrogens with one attached hydrogen (secondary N) is 1. The van der Waals surface area contributed by atoms with Crippen LogP contribution in [0.25, 0.3) is 10.2 Å². The number of thiophene rings is 1. The molecule has 0 atom stereocenters. The fourth-order valence-corrected chi connectivity index (χ4v) is 4.51. The minimum atomic E-state index is -0.525. The van der Waals surface area contributed by atoms with Crippen LogP contribution in [-0.4, -0.2) is 22.2 Å². The Hall–Kier alpha value is -3.65. The van der Waals surface area contributed by atoms with Gasteiger partial charge in [0, 0.05) is 5.69 Å². The molecule has 0 aliphatic carbocycles. The summed E-state index contributed by atoms with van der Waals surface area (Å²) >= 11 is 1.26. The van der Waals surface area contributed by atoms with E-state index in [1.54, 1.807) is 36.8 Å². The van der Waals surface area contributed by atoms with Crippen molar-refractivity contribution in [2.45, 2.75) is 26.4 Å². The van der Waals surface area contributed by atoms with Gasteiger partial charge in [-0.25, -0.2) is 4.79 Å². The van der Waals surface area contributed by atoms with Crippen LogP contribution in [0.2, 0.25) is 0 Å². The number of hydrogen-bond acceptors (Lipinski definition) is 5. The van der Waals surface area contributed by atoms with Crippen LogP contribution in [-0.2, 0) is 24.3 Å². The van der Waals surface area contributed by atoms with Crippen LogP contribution in [0.1, 0.15) is 18.1 Å². The normalized spacial score (nSPS) is 10.9. The molecule has 4 rings (SSSR count). The lowest BCUT2D eigenvalue weighted by atomic mass is 10.1. The van der Waals surface area contributed by atoms with Gasteiger partial charge in [0.15, 0.2) is 0 Å². The first-order chi connectivity index (χ1) is 15.5. The molecule has 8 heteroatoms. The largest absolute Gasteiger partial charge is 0.497 e. The van der Waals surface area contributed by atoms with Crippen molar-refractivity contribution in [2.24, 2.45) is 0 Å². The van der Waals surface area contributed by atoms with E-state index in [-0.39, 0.29) is 24.6 Å². The summed E-state index contributed by atoms with van der Waals surface area (Å²) in [5.74, 6) is 0.314. The van der Waals surface area contributed by atoms with Crippen molar-refractivity contribution in [3.05, 3.63) is 91.9 Å². The zero-order valence-corrected chi connectivity index (χ0v) is 18.6. The Morgan fingerprint density at radius 2 is 1.88 bits per heavy atom. The third-order valence-corrected chi connectivity index (χ3v) is 6.18. The molecule has 0 bridgehead atoms. The maximum Gasteiger partial charge on any atom is 0.332 e. The summed E-state index contributed by atoms with van der Waals surface area (Å²) in [4.78, 5) is 39.1. The number of fused-ring (bicyclic) bond motifs is 1. The zero-order chi connectivity index (χ0) is 22.7. The molecule has 164 valence electrons. The highest BCUT2D eigenvalue weighted by molar-refractivity contribution is 7.17. The number of carbonyl (C=O) groups excluding carboxylic acids is 1. The van der Waals surface area contributed by atoms with Gasteiger partial charge in [0.25, 0.3) is 5.56 Å². The summed E-state index contributed by atoms with van der Waals surface area (Å²) in [6.45, 7) is 1.91. The van der Waals surface area contributed by atoms with Crippen LogP contribution in [0.15, 0.2) is 69.6 Å². The van der Waals surface area contributed by atoms with E-state index in [2.05, 4.69) is 5.32 Å². The maximum absolute atomic E-state index is 13.3. The molecule has 0 saturated heterocycles. The van der Waals surface area contributed by atoms with Crippen LogP contribution >= 0.6 is 11.3 Å². The van der Waals surface area contributed by atoms with Crippen molar-refractivity contribution in [1.82, 2.24) is 9.13 Å². The molecule has 0 aliphatic heterocycles. The topological polar surface area (TPSA) is 82.3 Å². The lowest BCUT2D eigenvalue weighted by Gasteiger charge is -2.14. The van der Waals surface area contributed by atoms with E-state index in [1.807, 2.05) is 37.3 Å². The number of amides is 1. The van der Waals surface area contributed by atoms with Gasteiger partial charge in [0.1, 0.15) is 17.0 Å². The average molecular weight is 450 g/mol. The molecule has 4 aromatic rings. The number of hydrogen-bond donors (Lipinski definition) is 1. The molecule has 1 amide bonds. The fraction of sp³-hybridized carbons (Fsp3) is 0.208. The first kappa shape index (κ1) is 21.6. The van der Waals surface area contributed by atoms with E-state index in [4.69, 9.17) is 4.74 Å². The van der Waals surface area contributed by atoms with Gasteiger partial charge >= 0.3 is 5.69 Å². The van der Waals surface area contributed by atoms with Gasteiger partial charge in [0.05, 0.1) is 19.2 Å². The summed E-state index contributed by atoms with van der Waals surface area (Å²) in [5, 5.41) is 4.65. The van der Waals surface area contributed by atoms with Crippen molar-refractivity contribution in [1.29, 1.82) is 0 Å². The van der Waals surface area contributed by atoms with E-state index in [0.717, 1.165) is 23.2 Å². The molecule has 0 saturated carbocycles. The molecule has 2 aromatic heterocycles. The Bertz CT molecular complexity index is 1400. The predicted octanol–water partition coefficient (Wildman–Crippen LogP) is 3.48. The second kappa shape index (κ2) is 9.23. The number of aryl methyl sites for hydroxylation is 1. The highest BCUT2D eigenvalue weighted by atomic mass is 32.1. The number of anilines is 1. The Kier molecular flexibility index (Phi) is 6.23. The second-order valence-electron chi connectivity index (χ2n) is 7.31. The lowest BCUT2D eigenvalue weighted by molar-refractivity contribution is -0.116. The number of rotatable bonds is 7. The van der Waals surface area contributed by atoms with Gasteiger partial charge in [-0.2, -0.15) is 0 Å². The lowest BCUT2D eigenvalue weighted by Crippen LogP contribution is -2.41. The molecule has 0 fully saturated rings. The van der Waals surface area contributed by atoms with Crippen molar-refractivity contribution in [3.8, 4) is 5.75 Å². The van der Waals surface area contributed by atoms with Gasteiger partial charge in [-0.1, -0.05) is 37.3 Å². The number of methoxy groups -OCH3 is 1. The summed E-state index contributed by atoms with van der Waals surface area (Å²) in [6, 6.07) is 16.5. The van der Waals surface area contributed by atoms with Gasteiger partial charge in [0.2, 0.25) is 5.91 Å². The SMILES string of the molecule is CCc1ccccc1NC(=O)Cn1c(=O)n(Cc2cccc(OC)c2)c(=O)c2sccc21. The van der Waals surface area contributed by atoms with Gasteiger partial charge in [-0.3, -0.25) is 18.7 Å². The molecule has 7 nitrogen and oxygen atoms in total. The second-order valence-corrected chi connectivity index (χ2v) is 8.22. The quantitative estimate of drug-likeness (QED) is 0.468. The number of aromatic nitrogens is 2. The molecule has 0 spiro atoms. The van der Waals surface area contributed by atoms with Crippen molar-refractivity contribution < 1.29 is 9.53 Å². The highest BCUT2D eigenvalue weighted by Gasteiger charge is 2.17.